The average Bonchev–Trinajstić information content (AvgIpc) is 3.89. The van der Waals surface area contributed by atoms with Crippen LogP contribution in [0.4, 0.5) is 8.78 Å². The molecule has 4 rings (SSSR count). The van der Waals surface area contributed by atoms with Gasteiger partial charge in [-0.25, -0.2) is 0 Å². The standard InChI is InChI=1S/C38H51F2N5O8/c1-25(2)20-29(33(47)38(3)24-53-38)42-35(49)30(21-27-12-8-5-9-13-27)43-36(50)31(23-52-37(39)40)44-34(48)28(15-14-26-10-6-4-7-11-26)41-32(46)22-45-16-18-51-19-17-45/h4-13,25,28-31,37H,14-24H2,1-3H3,(H,41,46)(H,42,49)(H,43,50)(H,44,48)/t28?,29-,30-,31-,38+/m0/s1. The highest BCUT2D eigenvalue weighted by Gasteiger charge is 2.50. The van der Waals surface area contributed by atoms with Gasteiger partial charge in [0.25, 0.3) is 0 Å². The number of carbonyl (C=O) groups is 5. The van der Waals surface area contributed by atoms with Crippen LogP contribution in [0.3, 0.4) is 0 Å². The van der Waals surface area contributed by atoms with E-state index in [0.717, 1.165) is 5.56 Å². The van der Waals surface area contributed by atoms with Gasteiger partial charge in [0, 0.05) is 19.5 Å². The van der Waals surface area contributed by atoms with Crippen molar-refractivity contribution in [2.75, 3.05) is 46.1 Å². The molecule has 2 aromatic rings. The molecular weight excluding hydrogens is 692 g/mol. The predicted octanol–water partition coefficient (Wildman–Crippen LogP) is 1.78. The van der Waals surface area contributed by atoms with Crippen LogP contribution in [0.1, 0.15) is 44.7 Å². The fourth-order valence-electron chi connectivity index (χ4n) is 5.98. The van der Waals surface area contributed by atoms with Gasteiger partial charge in [-0.3, -0.25) is 28.9 Å². The maximum Gasteiger partial charge on any atom is 0.345 e. The molecule has 2 saturated heterocycles. The van der Waals surface area contributed by atoms with Gasteiger partial charge < -0.3 is 35.5 Å². The van der Waals surface area contributed by atoms with Gasteiger partial charge in [-0.05, 0) is 43.2 Å². The molecular formula is C38H51F2N5O8. The Bertz CT molecular complexity index is 1510. The lowest BCUT2D eigenvalue weighted by atomic mass is 9.93. The lowest BCUT2D eigenvalue weighted by Crippen LogP contribution is -2.60. The lowest BCUT2D eigenvalue weighted by Gasteiger charge is -2.28. The number of hydrogen-bond acceptors (Lipinski definition) is 9. The number of nitrogens with one attached hydrogen (secondary N) is 4. The Hall–Kier alpha value is -4.31. The van der Waals surface area contributed by atoms with E-state index in [9.17, 15) is 32.8 Å². The van der Waals surface area contributed by atoms with Crippen LogP contribution in [-0.2, 0) is 51.0 Å². The molecule has 290 valence electrons. The molecule has 0 bridgehead atoms. The largest absolute Gasteiger partial charge is 0.379 e. The van der Waals surface area contributed by atoms with Crippen LogP contribution in [0, 0.1) is 5.92 Å². The average molecular weight is 744 g/mol. The zero-order valence-electron chi connectivity index (χ0n) is 30.5. The lowest BCUT2D eigenvalue weighted by molar-refractivity contribution is -0.148. The number of carbonyl (C=O) groups excluding carboxylic acids is 5. The highest BCUT2D eigenvalue weighted by atomic mass is 19.3. The van der Waals surface area contributed by atoms with E-state index in [2.05, 4.69) is 26.0 Å². The number of halogens is 2. The summed E-state index contributed by atoms with van der Waals surface area (Å²) in [4.78, 5) is 69.7. The first-order valence-electron chi connectivity index (χ1n) is 18.0. The molecule has 1 unspecified atom stereocenters. The minimum absolute atomic E-state index is 0.0115. The number of aryl methyl sites for hydroxylation is 1. The van der Waals surface area contributed by atoms with Crippen molar-refractivity contribution in [2.24, 2.45) is 5.92 Å². The van der Waals surface area contributed by atoms with Crippen molar-refractivity contribution in [3.05, 3.63) is 71.8 Å². The highest BCUT2D eigenvalue weighted by Crippen LogP contribution is 2.29. The Morgan fingerprint density at radius 2 is 1.34 bits per heavy atom. The third-order valence-electron chi connectivity index (χ3n) is 9.06. The molecule has 2 fully saturated rings. The molecule has 15 heteroatoms. The van der Waals surface area contributed by atoms with Gasteiger partial charge in [0.1, 0.15) is 23.7 Å². The minimum Gasteiger partial charge on any atom is -0.379 e. The molecule has 4 N–H and O–H groups in total. The molecule has 0 radical (unpaired) electrons. The van der Waals surface area contributed by atoms with E-state index in [1.807, 2.05) is 49.1 Å². The Balaban J connectivity index is 1.52. The highest BCUT2D eigenvalue weighted by molar-refractivity contribution is 5.98. The molecule has 13 nitrogen and oxygen atoms in total. The smallest absolute Gasteiger partial charge is 0.345 e. The number of epoxide rings is 1. The molecule has 4 amide bonds. The quantitative estimate of drug-likeness (QED) is 0.140. The summed E-state index contributed by atoms with van der Waals surface area (Å²) in [5, 5.41) is 10.6. The van der Waals surface area contributed by atoms with Crippen molar-refractivity contribution in [2.45, 2.75) is 82.8 Å². The van der Waals surface area contributed by atoms with Gasteiger partial charge in [-0.1, -0.05) is 74.5 Å². The van der Waals surface area contributed by atoms with Crippen LogP contribution in [0.15, 0.2) is 60.7 Å². The molecule has 53 heavy (non-hydrogen) atoms. The van der Waals surface area contributed by atoms with E-state index < -0.39 is 66.6 Å². The summed E-state index contributed by atoms with van der Waals surface area (Å²) >= 11 is 0. The van der Waals surface area contributed by atoms with Crippen LogP contribution in [0.5, 0.6) is 0 Å². The molecule has 2 aliphatic rings. The summed E-state index contributed by atoms with van der Waals surface area (Å²) < 4.78 is 41.8. The zero-order valence-corrected chi connectivity index (χ0v) is 30.5. The summed E-state index contributed by atoms with van der Waals surface area (Å²) in [6, 6.07) is 13.1. The number of ketones is 1. The Morgan fingerprint density at radius 3 is 1.92 bits per heavy atom. The summed E-state index contributed by atoms with van der Waals surface area (Å²) in [7, 11) is 0. The number of nitrogens with zero attached hydrogens (tertiary/aromatic N) is 1. The number of morpholine rings is 1. The van der Waals surface area contributed by atoms with E-state index in [-0.39, 0.29) is 37.7 Å². The number of benzene rings is 2. The summed E-state index contributed by atoms with van der Waals surface area (Å²) in [6.45, 7) is 3.53. The fraction of sp³-hybridized carbons (Fsp3) is 0.553. The van der Waals surface area contributed by atoms with E-state index in [1.165, 1.54) is 0 Å². The first-order valence-corrected chi connectivity index (χ1v) is 18.0. The Labute approximate surface area is 308 Å². The number of ether oxygens (including phenoxy) is 3. The molecule has 0 spiro atoms. The van der Waals surface area contributed by atoms with Crippen LogP contribution in [0.25, 0.3) is 0 Å². The molecule has 0 aromatic heterocycles. The number of rotatable bonds is 21. The summed E-state index contributed by atoms with van der Waals surface area (Å²) in [6.07, 6.45) is 0.836. The van der Waals surface area contributed by atoms with Crippen molar-refractivity contribution in [1.29, 1.82) is 0 Å². The topological polar surface area (TPSA) is 168 Å². The maximum atomic E-state index is 13.8. The SMILES string of the molecule is CC(C)C[C@H](NC(=O)[C@H](Cc1ccccc1)NC(=O)[C@H](COC(F)F)NC(=O)C(CCc1ccccc1)NC(=O)CN1CCOCC1)C(=O)[C@@]1(C)CO1. The monoisotopic (exact) mass is 743 g/mol. The first kappa shape index (κ1) is 41.4. The molecule has 0 aliphatic carbocycles. The molecule has 2 aliphatic heterocycles. The maximum absolute atomic E-state index is 13.8. The van der Waals surface area contributed by atoms with Crippen molar-refractivity contribution in [3.8, 4) is 0 Å². The second-order valence-corrected chi connectivity index (χ2v) is 14.0. The third kappa shape index (κ3) is 13.9. The van der Waals surface area contributed by atoms with Gasteiger partial charge in [0.15, 0.2) is 5.78 Å². The Kier molecular flexibility index (Phi) is 15.8. The van der Waals surface area contributed by atoms with Gasteiger partial charge in [-0.2, -0.15) is 8.78 Å². The van der Waals surface area contributed by atoms with E-state index >= 15 is 0 Å². The van der Waals surface area contributed by atoms with Crippen LogP contribution in [0.2, 0.25) is 0 Å². The van der Waals surface area contributed by atoms with Crippen molar-refractivity contribution >= 4 is 29.4 Å². The van der Waals surface area contributed by atoms with Crippen molar-refractivity contribution < 1.29 is 47.0 Å². The van der Waals surface area contributed by atoms with Gasteiger partial charge >= 0.3 is 6.61 Å². The number of Topliss-reactive ketones (excluding diaryl/α,β-unsaturated/α-hetero) is 1. The van der Waals surface area contributed by atoms with Gasteiger partial charge in [0.2, 0.25) is 23.6 Å². The number of amides is 4. The number of hydrogen-bond donors (Lipinski definition) is 4. The van der Waals surface area contributed by atoms with Crippen LogP contribution >= 0.6 is 0 Å². The molecule has 5 atom stereocenters. The summed E-state index contributed by atoms with van der Waals surface area (Å²) in [5.74, 6) is -3.14. The van der Waals surface area contributed by atoms with E-state index in [4.69, 9.17) is 9.47 Å². The summed E-state index contributed by atoms with van der Waals surface area (Å²) in [5.41, 5.74) is 0.557. The predicted molar refractivity (Wildman–Crippen MR) is 191 cm³/mol. The second-order valence-electron chi connectivity index (χ2n) is 14.0. The van der Waals surface area contributed by atoms with E-state index in [0.29, 0.717) is 44.7 Å². The molecule has 2 heterocycles. The van der Waals surface area contributed by atoms with Crippen molar-refractivity contribution in [1.82, 2.24) is 26.2 Å². The Morgan fingerprint density at radius 1 is 0.792 bits per heavy atom. The minimum atomic E-state index is -3.26. The fourth-order valence-corrected chi connectivity index (χ4v) is 5.98. The molecule has 2 aromatic carbocycles. The van der Waals surface area contributed by atoms with Crippen LogP contribution < -0.4 is 21.3 Å². The van der Waals surface area contributed by atoms with Crippen LogP contribution in [-0.4, -0.2) is 117 Å². The normalized spacial score (nSPS) is 19.5. The van der Waals surface area contributed by atoms with Gasteiger partial charge in [0.05, 0.1) is 39.0 Å². The first-order chi connectivity index (χ1) is 25.3. The zero-order chi connectivity index (χ0) is 38.4. The van der Waals surface area contributed by atoms with Crippen molar-refractivity contribution in [3.63, 3.8) is 0 Å². The third-order valence-corrected chi connectivity index (χ3v) is 9.06. The molecule has 0 saturated carbocycles. The second kappa shape index (κ2) is 20.2. The van der Waals surface area contributed by atoms with E-state index in [1.54, 1.807) is 37.3 Å². The number of alkyl halides is 2. The van der Waals surface area contributed by atoms with Gasteiger partial charge in [-0.15, -0.1) is 0 Å².